The maximum Gasteiger partial charge on any atom is 0.115 e. The highest BCUT2D eigenvalue weighted by Gasteiger charge is 2.14. The number of hydrogen-bond donors (Lipinski definition) is 1. The Bertz CT molecular complexity index is 378. The van der Waals surface area contributed by atoms with E-state index in [0.29, 0.717) is 0 Å². The highest BCUT2D eigenvalue weighted by Crippen LogP contribution is 2.28. The molecule has 0 aromatic carbocycles. The maximum atomic E-state index is 6.06. The van der Waals surface area contributed by atoms with Gasteiger partial charge in [0.1, 0.15) is 5.01 Å². The van der Waals surface area contributed by atoms with Crippen LogP contribution in [0.2, 0.25) is 0 Å². The molecule has 2 heterocycles. The van der Waals surface area contributed by atoms with Gasteiger partial charge < -0.3 is 5.73 Å². The van der Waals surface area contributed by atoms with Gasteiger partial charge in [0.2, 0.25) is 0 Å². The van der Waals surface area contributed by atoms with E-state index in [9.17, 15) is 0 Å². The molecule has 2 rings (SSSR count). The van der Waals surface area contributed by atoms with Gasteiger partial charge in [0, 0.05) is 16.5 Å². The molecule has 68 valence electrons. The molecule has 2 nitrogen and oxygen atoms in total. The predicted octanol–water partition coefficient (Wildman–Crippen LogP) is 2.56. The van der Waals surface area contributed by atoms with Crippen molar-refractivity contribution in [2.45, 2.75) is 13.0 Å². The van der Waals surface area contributed by atoms with Crippen molar-refractivity contribution in [2.24, 2.45) is 5.73 Å². The summed E-state index contributed by atoms with van der Waals surface area (Å²) >= 11 is 3.31. The molecule has 4 heteroatoms. The lowest BCUT2D eigenvalue weighted by molar-refractivity contribution is 0.870. The molecule has 0 aliphatic carbocycles. The minimum atomic E-state index is -0.0417. The first-order valence-electron chi connectivity index (χ1n) is 3.98. The average Bonchev–Trinajstić information content (AvgIpc) is 2.72. The lowest BCUT2D eigenvalue weighted by atomic mass is 10.2. The zero-order valence-electron chi connectivity index (χ0n) is 7.23. The van der Waals surface area contributed by atoms with Crippen LogP contribution in [0.5, 0.6) is 0 Å². The van der Waals surface area contributed by atoms with Gasteiger partial charge in [-0.2, -0.15) is 0 Å². The standard InChI is InChI=1S/C9H10N2S2/c1-6-2-4-12-8(6)7(10)9-11-3-5-13-9/h2-5,7H,10H2,1H3. The first kappa shape index (κ1) is 8.87. The van der Waals surface area contributed by atoms with Crippen molar-refractivity contribution in [1.82, 2.24) is 4.98 Å². The third-order valence-corrected chi connectivity index (χ3v) is 3.86. The Balaban J connectivity index is 2.33. The van der Waals surface area contributed by atoms with Gasteiger partial charge in [-0.05, 0) is 23.9 Å². The first-order chi connectivity index (χ1) is 6.29. The Hall–Kier alpha value is -0.710. The molecule has 1 unspecified atom stereocenters. The fourth-order valence-electron chi connectivity index (χ4n) is 1.20. The van der Waals surface area contributed by atoms with Gasteiger partial charge in [-0.25, -0.2) is 4.98 Å². The normalized spacial score (nSPS) is 13.1. The molecule has 0 saturated carbocycles. The van der Waals surface area contributed by atoms with Crippen LogP contribution in [0.1, 0.15) is 21.5 Å². The van der Waals surface area contributed by atoms with Gasteiger partial charge in [0.15, 0.2) is 0 Å². The Morgan fingerprint density at radius 1 is 1.38 bits per heavy atom. The van der Waals surface area contributed by atoms with Crippen molar-refractivity contribution >= 4 is 22.7 Å². The minimum Gasteiger partial charge on any atom is -0.318 e. The molecule has 0 bridgehead atoms. The van der Waals surface area contributed by atoms with Gasteiger partial charge in [-0.15, -0.1) is 22.7 Å². The zero-order chi connectivity index (χ0) is 9.26. The van der Waals surface area contributed by atoms with Crippen molar-refractivity contribution in [2.75, 3.05) is 0 Å². The van der Waals surface area contributed by atoms with Gasteiger partial charge in [-0.3, -0.25) is 0 Å². The predicted molar refractivity (Wildman–Crippen MR) is 57.2 cm³/mol. The van der Waals surface area contributed by atoms with E-state index < -0.39 is 0 Å². The van der Waals surface area contributed by atoms with Gasteiger partial charge in [0.05, 0.1) is 6.04 Å². The minimum absolute atomic E-state index is 0.0417. The molecule has 0 aliphatic rings. The van der Waals surface area contributed by atoms with E-state index in [4.69, 9.17) is 5.73 Å². The Kier molecular flexibility index (Phi) is 2.44. The fourth-order valence-corrected chi connectivity index (χ4v) is 2.86. The van der Waals surface area contributed by atoms with Crippen molar-refractivity contribution in [3.05, 3.63) is 38.5 Å². The monoisotopic (exact) mass is 210 g/mol. The average molecular weight is 210 g/mol. The summed E-state index contributed by atoms with van der Waals surface area (Å²) in [6.45, 7) is 2.08. The Morgan fingerprint density at radius 3 is 2.77 bits per heavy atom. The molecular weight excluding hydrogens is 200 g/mol. The number of nitrogens with zero attached hydrogens (tertiary/aromatic N) is 1. The van der Waals surface area contributed by atoms with Gasteiger partial charge in [0.25, 0.3) is 0 Å². The molecule has 0 aliphatic heterocycles. The number of thiazole rings is 1. The summed E-state index contributed by atoms with van der Waals surface area (Å²) in [6, 6.07) is 2.05. The summed E-state index contributed by atoms with van der Waals surface area (Å²) in [5.74, 6) is 0. The summed E-state index contributed by atoms with van der Waals surface area (Å²) in [7, 11) is 0. The molecule has 0 radical (unpaired) electrons. The van der Waals surface area contributed by atoms with E-state index in [0.717, 1.165) is 5.01 Å². The molecular formula is C9H10N2S2. The molecule has 0 spiro atoms. The first-order valence-corrected chi connectivity index (χ1v) is 5.74. The van der Waals surface area contributed by atoms with Crippen LogP contribution in [0, 0.1) is 6.92 Å². The summed E-state index contributed by atoms with van der Waals surface area (Å²) in [6.07, 6.45) is 1.79. The van der Waals surface area contributed by atoms with Crippen LogP contribution in [-0.4, -0.2) is 4.98 Å². The molecule has 2 aromatic rings. The number of rotatable bonds is 2. The summed E-state index contributed by atoms with van der Waals surface area (Å²) in [4.78, 5) is 5.43. The second-order valence-corrected chi connectivity index (χ2v) is 4.69. The van der Waals surface area contributed by atoms with Crippen LogP contribution < -0.4 is 5.73 Å². The lowest BCUT2D eigenvalue weighted by Gasteiger charge is -2.06. The van der Waals surface area contributed by atoms with Crippen LogP contribution in [0.15, 0.2) is 23.0 Å². The highest BCUT2D eigenvalue weighted by molar-refractivity contribution is 7.11. The van der Waals surface area contributed by atoms with Gasteiger partial charge in [-0.1, -0.05) is 0 Å². The van der Waals surface area contributed by atoms with E-state index >= 15 is 0 Å². The van der Waals surface area contributed by atoms with Crippen molar-refractivity contribution in [3.8, 4) is 0 Å². The number of hydrogen-bond acceptors (Lipinski definition) is 4. The van der Waals surface area contributed by atoms with E-state index in [1.54, 1.807) is 28.9 Å². The number of aryl methyl sites for hydroxylation is 1. The van der Waals surface area contributed by atoms with E-state index in [1.807, 2.05) is 5.38 Å². The number of aromatic nitrogens is 1. The highest BCUT2D eigenvalue weighted by atomic mass is 32.1. The number of nitrogens with two attached hydrogens (primary N) is 1. The van der Waals surface area contributed by atoms with Crippen molar-refractivity contribution < 1.29 is 0 Å². The van der Waals surface area contributed by atoms with Gasteiger partial charge >= 0.3 is 0 Å². The van der Waals surface area contributed by atoms with Crippen LogP contribution in [0.4, 0.5) is 0 Å². The fraction of sp³-hybridized carbons (Fsp3) is 0.222. The molecule has 0 saturated heterocycles. The molecule has 2 N–H and O–H groups in total. The number of thiophene rings is 1. The van der Waals surface area contributed by atoms with Crippen LogP contribution in [0.25, 0.3) is 0 Å². The van der Waals surface area contributed by atoms with Crippen molar-refractivity contribution in [1.29, 1.82) is 0 Å². The summed E-state index contributed by atoms with van der Waals surface area (Å²) in [5.41, 5.74) is 7.32. The molecule has 0 amide bonds. The summed E-state index contributed by atoms with van der Waals surface area (Å²) in [5, 5.41) is 5.02. The largest absolute Gasteiger partial charge is 0.318 e. The van der Waals surface area contributed by atoms with Crippen LogP contribution >= 0.6 is 22.7 Å². The Morgan fingerprint density at radius 2 is 2.23 bits per heavy atom. The SMILES string of the molecule is Cc1ccsc1C(N)c1nccs1. The second-order valence-electron chi connectivity index (χ2n) is 2.82. The second kappa shape index (κ2) is 3.57. The third kappa shape index (κ3) is 1.65. The van der Waals surface area contributed by atoms with Crippen LogP contribution in [0.3, 0.4) is 0 Å². The third-order valence-electron chi connectivity index (χ3n) is 1.90. The quantitative estimate of drug-likeness (QED) is 0.827. The molecule has 0 fully saturated rings. The molecule has 13 heavy (non-hydrogen) atoms. The topological polar surface area (TPSA) is 38.9 Å². The molecule has 2 aromatic heterocycles. The van der Waals surface area contributed by atoms with E-state index in [2.05, 4.69) is 23.4 Å². The van der Waals surface area contributed by atoms with E-state index in [1.165, 1.54) is 10.4 Å². The maximum absolute atomic E-state index is 6.06. The Labute approximate surface area is 85.1 Å². The van der Waals surface area contributed by atoms with Crippen LogP contribution in [-0.2, 0) is 0 Å². The van der Waals surface area contributed by atoms with Crippen molar-refractivity contribution in [3.63, 3.8) is 0 Å². The molecule has 1 atom stereocenters. The smallest absolute Gasteiger partial charge is 0.115 e. The zero-order valence-corrected chi connectivity index (χ0v) is 8.86. The lowest BCUT2D eigenvalue weighted by Crippen LogP contribution is -2.10. The summed E-state index contributed by atoms with van der Waals surface area (Å²) < 4.78 is 0. The van der Waals surface area contributed by atoms with E-state index in [-0.39, 0.29) is 6.04 Å².